The van der Waals surface area contributed by atoms with Gasteiger partial charge < -0.3 is 14.7 Å². The van der Waals surface area contributed by atoms with Crippen LogP contribution in [-0.4, -0.2) is 36.3 Å². The van der Waals surface area contributed by atoms with Crippen molar-refractivity contribution in [1.29, 1.82) is 0 Å². The largest absolute Gasteiger partial charge is 0.445 e. The fourth-order valence-electron chi connectivity index (χ4n) is 1.56. The first-order valence-electron chi connectivity index (χ1n) is 6.26. The normalized spacial score (nSPS) is 10.1. The Hall–Kier alpha value is -1.55. The second-order valence-corrected chi connectivity index (χ2v) is 4.25. The van der Waals surface area contributed by atoms with Gasteiger partial charge in [0.1, 0.15) is 6.61 Å². The predicted octanol–water partition coefficient (Wildman–Crippen LogP) is 2.42. The van der Waals surface area contributed by atoms with Gasteiger partial charge in [0, 0.05) is 20.2 Å². The second kappa shape index (κ2) is 8.53. The average molecular weight is 251 g/mol. The smallest absolute Gasteiger partial charge is 0.409 e. The highest BCUT2D eigenvalue weighted by Gasteiger charge is 2.09. The molecule has 0 atom stereocenters. The number of ether oxygens (including phenoxy) is 1. The maximum atomic E-state index is 11.6. The van der Waals surface area contributed by atoms with Gasteiger partial charge >= 0.3 is 6.09 Å². The van der Waals surface area contributed by atoms with Gasteiger partial charge in [-0.3, -0.25) is 0 Å². The first-order valence-corrected chi connectivity index (χ1v) is 6.26. The number of hydrogen-bond acceptors (Lipinski definition) is 3. The molecule has 0 fully saturated rings. The molecule has 0 unspecified atom stereocenters. The quantitative estimate of drug-likeness (QED) is 0.757. The number of unbranched alkanes of at least 4 members (excludes halogenated alkanes) is 2. The molecule has 0 bridgehead atoms. The molecule has 0 saturated heterocycles. The lowest BCUT2D eigenvalue weighted by molar-refractivity contribution is 0.104. The average Bonchev–Trinajstić information content (AvgIpc) is 2.42. The molecule has 100 valence electrons. The third-order valence-electron chi connectivity index (χ3n) is 2.67. The Kier molecular flexibility index (Phi) is 6.87. The van der Waals surface area contributed by atoms with Crippen LogP contribution in [0, 0.1) is 0 Å². The summed E-state index contributed by atoms with van der Waals surface area (Å²) >= 11 is 0. The highest BCUT2D eigenvalue weighted by molar-refractivity contribution is 5.67. The minimum Gasteiger partial charge on any atom is -0.445 e. The van der Waals surface area contributed by atoms with Gasteiger partial charge in [0.2, 0.25) is 0 Å². The number of rotatable bonds is 7. The molecule has 0 aliphatic rings. The number of amides is 1. The molecule has 1 N–H and O–H groups in total. The topological polar surface area (TPSA) is 49.8 Å². The van der Waals surface area contributed by atoms with E-state index in [1.54, 1.807) is 11.9 Å². The summed E-state index contributed by atoms with van der Waals surface area (Å²) < 4.78 is 5.18. The minimum atomic E-state index is -0.303. The highest BCUT2D eigenvalue weighted by atomic mass is 16.6. The van der Waals surface area contributed by atoms with E-state index in [1.165, 1.54) is 0 Å². The highest BCUT2D eigenvalue weighted by Crippen LogP contribution is 2.03. The maximum Gasteiger partial charge on any atom is 0.409 e. The van der Waals surface area contributed by atoms with E-state index in [2.05, 4.69) is 0 Å². The zero-order valence-corrected chi connectivity index (χ0v) is 10.8. The first-order chi connectivity index (χ1) is 8.74. The Morgan fingerprint density at radius 2 is 1.94 bits per heavy atom. The van der Waals surface area contributed by atoms with E-state index in [-0.39, 0.29) is 12.7 Å². The van der Waals surface area contributed by atoms with Crippen LogP contribution in [0.3, 0.4) is 0 Å². The van der Waals surface area contributed by atoms with Crippen LogP contribution in [0.2, 0.25) is 0 Å². The van der Waals surface area contributed by atoms with Crippen LogP contribution in [0.1, 0.15) is 24.8 Å². The van der Waals surface area contributed by atoms with Crippen LogP contribution in [0.5, 0.6) is 0 Å². The zero-order valence-electron chi connectivity index (χ0n) is 10.8. The van der Waals surface area contributed by atoms with Crippen LogP contribution in [-0.2, 0) is 11.3 Å². The third kappa shape index (κ3) is 5.68. The molecule has 0 aliphatic carbocycles. The fourth-order valence-corrected chi connectivity index (χ4v) is 1.56. The Morgan fingerprint density at radius 3 is 2.61 bits per heavy atom. The van der Waals surface area contributed by atoms with E-state index < -0.39 is 0 Å². The Bertz CT molecular complexity index is 340. The molecule has 0 heterocycles. The van der Waals surface area contributed by atoms with Gasteiger partial charge in [0.25, 0.3) is 0 Å². The molecule has 0 saturated carbocycles. The van der Waals surface area contributed by atoms with E-state index in [1.807, 2.05) is 30.3 Å². The summed E-state index contributed by atoms with van der Waals surface area (Å²) in [4.78, 5) is 13.2. The third-order valence-corrected chi connectivity index (χ3v) is 2.67. The van der Waals surface area contributed by atoms with Crippen molar-refractivity contribution < 1.29 is 14.6 Å². The molecular weight excluding hydrogens is 230 g/mol. The van der Waals surface area contributed by atoms with Gasteiger partial charge in [-0.05, 0) is 24.8 Å². The monoisotopic (exact) mass is 251 g/mol. The lowest BCUT2D eigenvalue weighted by Crippen LogP contribution is -2.28. The van der Waals surface area contributed by atoms with Gasteiger partial charge in [0.15, 0.2) is 0 Å². The van der Waals surface area contributed by atoms with E-state index in [0.717, 1.165) is 24.8 Å². The van der Waals surface area contributed by atoms with Crippen molar-refractivity contribution in [1.82, 2.24) is 4.90 Å². The van der Waals surface area contributed by atoms with Gasteiger partial charge in [-0.25, -0.2) is 4.79 Å². The summed E-state index contributed by atoms with van der Waals surface area (Å²) in [5.74, 6) is 0. The SMILES string of the molecule is CN(CCCCCO)C(=O)OCc1ccccc1. The number of nitrogens with zero attached hydrogens (tertiary/aromatic N) is 1. The lowest BCUT2D eigenvalue weighted by Gasteiger charge is -2.16. The standard InChI is InChI=1S/C14H21NO3/c1-15(10-6-3-7-11-16)14(17)18-12-13-8-4-2-5-9-13/h2,4-5,8-9,16H,3,6-7,10-12H2,1H3. The van der Waals surface area contributed by atoms with Crippen LogP contribution in [0.15, 0.2) is 30.3 Å². The van der Waals surface area contributed by atoms with E-state index >= 15 is 0 Å². The predicted molar refractivity (Wildman–Crippen MR) is 70.2 cm³/mol. The van der Waals surface area contributed by atoms with Gasteiger partial charge in [-0.1, -0.05) is 30.3 Å². The van der Waals surface area contributed by atoms with Crippen LogP contribution in [0.4, 0.5) is 4.79 Å². The van der Waals surface area contributed by atoms with Crippen LogP contribution in [0.25, 0.3) is 0 Å². The number of aliphatic hydroxyl groups is 1. The van der Waals surface area contributed by atoms with E-state index in [0.29, 0.717) is 13.2 Å². The molecule has 4 nitrogen and oxygen atoms in total. The Morgan fingerprint density at radius 1 is 1.22 bits per heavy atom. The molecule has 0 spiro atoms. The minimum absolute atomic E-state index is 0.210. The molecule has 1 rings (SSSR count). The summed E-state index contributed by atoms with van der Waals surface area (Å²) in [6.45, 7) is 1.18. The molecule has 0 aliphatic heterocycles. The first kappa shape index (κ1) is 14.5. The van der Waals surface area contributed by atoms with Crippen molar-refractivity contribution in [2.24, 2.45) is 0 Å². The van der Waals surface area contributed by atoms with E-state index in [9.17, 15) is 4.79 Å². The van der Waals surface area contributed by atoms with Crippen molar-refractivity contribution in [2.45, 2.75) is 25.9 Å². The Balaban J connectivity index is 2.19. The molecule has 0 aromatic heterocycles. The number of benzene rings is 1. The van der Waals surface area contributed by atoms with Crippen molar-refractivity contribution in [3.8, 4) is 0 Å². The number of aliphatic hydroxyl groups excluding tert-OH is 1. The Labute approximate surface area is 108 Å². The van der Waals surface area contributed by atoms with Crippen molar-refractivity contribution in [2.75, 3.05) is 20.2 Å². The number of hydrogen-bond donors (Lipinski definition) is 1. The van der Waals surface area contributed by atoms with Crippen molar-refractivity contribution >= 4 is 6.09 Å². The lowest BCUT2D eigenvalue weighted by atomic mass is 10.2. The number of carbonyl (C=O) groups excluding carboxylic acids is 1. The van der Waals surface area contributed by atoms with Gasteiger partial charge in [-0.15, -0.1) is 0 Å². The van der Waals surface area contributed by atoms with E-state index in [4.69, 9.17) is 9.84 Å². The number of carbonyl (C=O) groups is 1. The van der Waals surface area contributed by atoms with Crippen LogP contribution >= 0.6 is 0 Å². The molecule has 0 radical (unpaired) electrons. The van der Waals surface area contributed by atoms with Crippen LogP contribution < -0.4 is 0 Å². The fraction of sp³-hybridized carbons (Fsp3) is 0.500. The molecule has 4 heteroatoms. The maximum absolute atomic E-state index is 11.6. The molecule has 1 amide bonds. The molecule has 18 heavy (non-hydrogen) atoms. The molecular formula is C14H21NO3. The molecule has 1 aromatic rings. The molecule has 1 aromatic carbocycles. The zero-order chi connectivity index (χ0) is 13.2. The summed E-state index contributed by atoms with van der Waals surface area (Å²) in [6.07, 6.45) is 2.29. The van der Waals surface area contributed by atoms with Gasteiger partial charge in [0.05, 0.1) is 0 Å². The summed E-state index contributed by atoms with van der Waals surface area (Å²) in [7, 11) is 1.73. The second-order valence-electron chi connectivity index (χ2n) is 4.25. The van der Waals surface area contributed by atoms with Gasteiger partial charge in [-0.2, -0.15) is 0 Å². The summed E-state index contributed by atoms with van der Waals surface area (Å²) in [5.41, 5.74) is 0.986. The summed E-state index contributed by atoms with van der Waals surface area (Å²) in [5, 5.41) is 8.65. The van der Waals surface area contributed by atoms with Crippen molar-refractivity contribution in [3.63, 3.8) is 0 Å². The van der Waals surface area contributed by atoms with Crippen molar-refractivity contribution in [3.05, 3.63) is 35.9 Å². The summed E-state index contributed by atoms with van der Waals surface area (Å²) in [6, 6.07) is 9.62.